The first-order valence-electron chi connectivity index (χ1n) is 9.23. The molecule has 0 atom stereocenters. The smallest absolute Gasteiger partial charge is 0.164 e. The molecule has 6 nitrogen and oxygen atoms in total. The summed E-state index contributed by atoms with van der Waals surface area (Å²) in [6.07, 6.45) is 10.4. The highest BCUT2D eigenvalue weighted by Crippen LogP contribution is 2.35. The van der Waals surface area contributed by atoms with Crippen molar-refractivity contribution in [1.29, 1.82) is 0 Å². The number of fused-ring (bicyclic) bond motifs is 12. The van der Waals surface area contributed by atoms with Crippen molar-refractivity contribution in [2.24, 2.45) is 0 Å². The van der Waals surface area contributed by atoms with Crippen molar-refractivity contribution in [3.8, 4) is 0 Å². The number of rotatable bonds is 0. The van der Waals surface area contributed by atoms with Gasteiger partial charge >= 0.3 is 0 Å². The van der Waals surface area contributed by atoms with Crippen molar-refractivity contribution in [2.45, 2.75) is 57.8 Å². The molecule has 0 N–H and O–H groups in total. The Labute approximate surface area is 138 Å². The number of hydrogen-bond acceptors (Lipinski definition) is 3. The van der Waals surface area contributed by atoms with Crippen LogP contribution in [0.4, 0.5) is 0 Å². The summed E-state index contributed by atoms with van der Waals surface area (Å²) >= 11 is 0. The van der Waals surface area contributed by atoms with E-state index in [1.54, 1.807) is 0 Å². The minimum Gasteiger partial charge on any atom is -0.196 e. The van der Waals surface area contributed by atoms with Crippen LogP contribution in [0.25, 0.3) is 16.9 Å². The van der Waals surface area contributed by atoms with Crippen LogP contribution in [0, 0.1) is 0 Å². The summed E-state index contributed by atoms with van der Waals surface area (Å²) in [6, 6.07) is 0. The number of aryl methyl sites for hydroxylation is 6. The van der Waals surface area contributed by atoms with Gasteiger partial charge in [0.05, 0.1) is 17.1 Å². The van der Waals surface area contributed by atoms with Crippen LogP contribution in [-0.2, 0) is 38.5 Å². The van der Waals surface area contributed by atoms with E-state index in [4.69, 9.17) is 15.3 Å². The first-order chi connectivity index (χ1) is 11.9. The predicted octanol–water partition coefficient (Wildman–Crippen LogP) is 2.10. The van der Waals surface area contributed by atoms with E-state index in [-0.39, 0.29) is 0 Å². The standard InChI is InChI=1S/C18H18N6/c1-4-10-13(7-1)19-22-16(10)23-18(12-6-3-8-14(12)20-23)24-17(22)11-5-2-9-15(11)21-24/h1-9H2. The Kier molecular flexibility index (Phi) is 1.92. The Hall–Kier alpha value is -2.37. The minimum absolute atomic E-state index is 1.10. The van der Waals surface area contributed by atoms with Gasteiger partial charge in [-0.2, -0.15) is 28.8 Å². The van der Waals surface area contributed by atoms with E-state index in [9.17, 15) is 0 Å². The molecule has 0 spiro atoms. The molecule has 3 aliphatic rings. The van der Waals surface area contributed by atoms with Gasteiger partial charge in [0.15, 0.2) is 16.9 Å². The fraction of sp³-hybridized carbons (Fsp3) is 0.500. The Morgan fingerprint density at radius 1 is 0.458 bits per heavy atom. The van der Waals surface area contributed by atoms with Crippen molar-refractivity contribution in [3.05, 3.63) is 33.8 Å². The quantitative estimate of drug-likeness (QED) is 0.499. The third-order valence-electron chi connectivity index (χ3n) is 6.24. The fourth-order valence-corrected chi connectivity index (χ4v) is 5.22. The SMILES string of the molecule is C1Cc2nn3c(c2C1)n1nc2c(c1n1nc4c(c31)CCC4)CCC2. The summed E-state index contributed by atoms with van der Waals surface area (Å²) in [5, 5.41) is 15.0. The number of hydrogen-bond donors (Lipinski definition) is 0. The molecular formula is C18H18N6. The molecule has 0 bridgehead atoms. The van der Waals surface area contributed by atoms with E-state index in [1.165, 1.54) is 70.0 Å². The van der Waals surface area contributed by atoms with Crippen LogP contribution in [0.15, 0.2) is 0 Å². The van der Waals surface area contributed by atoms with Gasteiger partial charge in [0.25, 0.3) is 0 Å². The van der Waals surface area contributed by atoms with Crippen LogP contribution in [0.1, 0.15) is 53.0 Å². The van der Waals surface area contributed by atoms with Gasteiger partial charge in [-0.05, 0) is 57.8 Å². The van der Waals surface area contributed by atoms with Crippen molar-refractivity contribution < 1.29 is 0 Å². The average Bonchev–Trinajstić information content (AvgIpc) is 3.32. The minimum atomic E-state index is 1.10. The van der Waals surface area contributed by atoms with Crippen molar-refractivity contribution in [1.82, 2.24) is 28.8 Å². The fourth-order valence-electron chi connectivity index (χ4n) is 5.22. The highest BCUT2D eigenvalue weighted by molar-refractivity contribution is 5.71. The van der Waals surface area contributed by atoms with E-state index in [1.807, 2.05) is 0 Å². The largest absolute Gasteiger partial charge is 0.196 e. The lowest BCUT2D eigenvalue weighted by Gasteiger charge is -2.07. The summed E-state index contributed by atoms with van der Waals surface area (Å²) in [7, 11) is 0. The third-order valence-corrected chi connectivity index (χ3v) is 6.24. The molecule has 0 aromatic carbocycles. The number of aromatic nitrogens is 6. The monoisotopic (exact) mass is 318 g/mol. The Morgan fingerprint density at radius 2 is 0.792 bits per heavy atom. The van der Waals surface area contributed by atoms with Crippen LogP contribution in [0.3, 0.4) is 0 Å². The van der Waals surface area contributed by atoms with E-state index >= 15 is 0 Å². The topological polar surface area (TPSA) is 51.9 Å². The first-order valence-corrected chi connectivity index (χ1v) is 9.23. The zero-order valence-electron chi connectivity index (χ0n) is 13.5. The number of nitrogens with zero attached hydrogens (tertiary/aromatic N) is 6. The second-order valence-electron chi connectivity index (χ2n) is 7.54. The molecule has 0 aliphatic heterocycles. The molecular weight excluding hydrogens is 300 g/mol. The summed E-state index contributed by atoms with van der Waals surface area (Å²) in [5.74, 6) is 0. The lowest BCUT2D eigenvalue weighted by molar-refractivity contribution is 0.759. The zero-order valence-corrected chi connectivity index (χ0v) is 13.5. The summed E-state index contributed by atoms with van der Waals surface area (Å²) in [4.78, 5) is 0. The van der Waals surface area contributed by atoms with Gasteiger partial charge in [0.2, 0.25) is 0 Å². The van der Waals surface area contributed by atoms with Crippen LogP contribution in [0.2, 0.25) is 0 Å². The van der Waals surface area contributed by atoms with Gasteiger partial charge < -0.3 is 0 Å². The predicted molar refractivity (Wildman–Crippen MR) is 88.8 cm³/mol. The summed E-state index contributed by atoms with van der Waals surface area (Å²) in [6.45, 7) is 0. The Bertz CT molecular complexity index is 1010. The third kappa shape index (κ3) is 1.19. The van der Waals surface area contributed by atoms with E-state index in [0.717, 1.165) is 38.5 Å². The molecule has 0 unspecified atom stereocenters. The highest BCUT2D eigenvalue weighted by Gasteiger charge is 2.30. The lowest BCUT2D eigenvalue weighted by Crippen LogP contribution is -2.08. The van der Waals surface area contributed by atoms with Crippen LogP contribution >= 0.6 is 0 Å². The molecule has 3 aliphatic carbocycles. The molecule has 4 aromatic heterocycles. The summed E-state index contributed by atoms with van der Waals surface area (Å²) < 4.78 is 6.49. The van der Waals surface area contributed by atoms with Gasteiger partial charge in [-0.25, -0.2) is 0 Å². The maximum atomic E-state index is 5.00. The maximum absolute atomic E-state index is 5.00. The van der Waals surface area contributed by atoms with Gasteiger partial charge in [0, 0.05) is 16.7 Å². The first kappa shape index (κ1) is 12.1. The molecule has 7 rings (SSSR count). The average molecular weight is 318 g/mol. The molecule has 6 heteroatoms. The zero-order chi connectivity index (χ0) is 15.4. The summed E-state index contributed by atoms with van der Waals surface area (Å²) in [5.41, 5.74) is 11.7. The van der Waals surface area contributed by atoms with Gasteiger partial charge in [-0.15, -0.1) is 0 Å². The van der Waals surface area contributed by atoms with E-state index < -0.39 is 0 Å². The molecule has 4 heterocycles. The molecule has 24 heavy (non-hydrogen) atoms. The van der Waals surface area contributed by atoms with Gasteiger partial charge in [0.1, 0.15) is 0 Å². The second-order valence-corrected chi connectivity index (χ2v) is 7.54. The van der Waals surface area contributed by atoms with E-state index in [0.29, 0.717) is 0 Å². The molecule has 120 valence electrons. The van der Waals surface area contributed by atoms with Crippen molar-refractivity contribution in [3.63, 3.8) is 0 Å². The normalized spacial score (nSPS) is 19.0. The second kappa shape index (κ2) is 3.82. The van der Waals surface area contributed by atoms with Crippen LogP contribution in [-0.4, -0.2) is 28.8 Å². The van der Waals surface area contributed by atoms with Crippen molar-refractivity contribution >= 4 is 16.9 Å². The van der Waals surface area contributed by atoms with Gasteiger partial charge in [-0.1, -0.05) is 0 Å². The molecule has 0 saturated heterocycles. The Morgan fingerprint density at radius 3 is 1.12 bits per heavy atom. The maximum Gasteiger partial charge on any atom is 0.164 e. The molecule has 0 radical (unpaired) electrons. The van der Waals surface area contributed by atoms with Gasteiger partial charge in [-0.3, -0.25) is 0 Å². The van der Waals surface area contributed by atoms with Crippen molar-refractivity contribution in [2.75, 3.05) is 0 Å². The van der Waals surface area contributed by atoms with Crippen LogP contribution in [0.5, 0.6) is 0 Å². The molecule has 0 amide bonds. The van der Waals surface area contributed by atoms with E-state index in [2.05, 4.69) is 13.5 Å². The Balaban J connectivity index is 1.81. The molecule has 0 fully saturated rings. The van der Waals surface area contributed by atoms with Crippen LogP contribution < -0.4 is 0 Å². The highest BCUT2D eigenvalue weighted by atomic mass is 15.5. The molecule has 0 saturated carbocycles. The lowest BCUT2D eigenvalue weighted by atomic mass is 10.2. The molecule has 4 aromatic rings.